The number of allylic oxidation sites excluding steroid dienone is 1. The molecule has 1 aliphatic rings. The van der Waals surface area contributed by atoms with Crippen molar-refractivity contribution in [3.8, 4) is 11.6 Å². The van der Waals surface area contributed by atoms with Crippen molar-refractivity contribution < 1.29 is 9.90 Å². The molecule has 0 spiro atoms. The number of H-pyrrole nitrogens is 1. The normalized spacial score (nSPS) is 13.7. The molecule has 3 aromatic rings. The van der Waals surface area contributed by atoms with E-state index in [1.807, 2.05) is 50.2 Å². The van der Waals surface area contributed by atoms with E-state index in [0.29, 0.717) is 24.4 Å². The molecule has 0 bridgehead atoms. The zero-order valence-electron chi connectivity index (χ0n) is 18.6. The van der Waals surface area contributed by atoms with E-state index in [4.69, 9.17) is 0 Å². The first-order valence-electron chi connectivity index (χ1n) is 10.6. The summed E-state index contributed by atoms with van der Waals surface area (Å²) < 4.78 is 1.08. The number of hydrogen-bond donors (Lipinski definition) is 3. The smallest absolute Gasteiger partial charge is 0.335 e. The number of benzene rings is 2. The summed E-state index contributed by atoms with van der Waals surface area (Å²) in [6, 6.07) is 13.0. The Morgan fingerprint density at radius 1 is 1.18 bits per heavy atom. The van der Waals surface area contributed by atoms with Gasteiger partial charge in [-0.2, -0.15) is 0 Å². The van der Waals surface area contributed by atoms with Crippen LogP contribution in [0.2, 0.25) is 0 Å². The molecule has 0 radical (unpaired) electrons. The van der Waals surface area contributed by atoms with Crippen LogP contribution in [0.4, 0.5) is 0 Å². The fourth-order valence-electron chi connectivity index (χ4n) is 3.99. The van der Waals surface area contributed by atoms with Crippen molar-refractivity contribution in [2.24, 2.45) is 4.99 Å². The lowest BCUT2D eigenvalue weighted by molar-refractivity contribution is -0.118. The SMILES string of the molecule is CC(=O)NCCC1=c2ccccc2=NC1=Cc1c(O)n(-c2ccc(C)cc2C)c(=O)[nH]c1=O. The molecule has 1 aliphatic heterocycles. The van der Waals surface area contributed by atoms with Crippen LogP contribution in [0.25, 0.3) is 17.3 Å². The third kappa shape index (κ3) is 4.27. The zero-order chi connectivity index (χ0) is 23.7. The molecule has 2 aromatic carbocycles. The molecule has 0 aliphatic carbocycles. The average molecular weight is 444 g/mol. The highest BCUT2D eigenvalue weighted by Gasteiger charge is 2.19. The molecule has 0 saturated heterocycles. The van der Waals surface area contributed by atoms with Crippen molar-refractivity contribution in [1.29, 1.82) is 0 Å². The highest BCUT2D eigenvalue weighted by Crippen LogP contribution is 2.25. The van der Waals surface area contributed by atoms with Gasteiger partial charge in [0.05, 0.1) is 16.7 Å². The molecule has 168 valence electrons. The molecular weight excluding hydrogens is 420 g/mol. The maximum atomic E-state index is 12.7. The zero-order valence-corrected chi connectivity index (χ0v) is 18.6. The molecule has 33 heavy (non-hydrogen) atoms. The van der Waals surface area contributed by atoms with Crippen LogP contribution >= 0.6 is 0 Å². The number of para-hydroxylation sites is 1. The number of aromatic hydroxyl groups is 1. The lowest BCUT2D eigenvalue weighted by atomic mass is 10.1. The maximum absolute atomic E-state index is 12.7. The Labute approximate surface area is 189 Å². The number of aromatic amines is 1. The van der Waals surface area contributed by atoms with Crippen LogP contribution in [-0.4, -0.2) is 27.1 Å². The van der Waals surface area contributed by atoms with E-state index in [1.54, 1.807) is 6.07 Å². The van der Waals surface area contributed by atoms with Crippen molar-refractivity contribution in [1.82, 2.24) is 14.9 Å². The van der Waals surface area contributed by atoms with Crippen molar-refractivity contribution in [2.45, 2.75) is 27.2 Å². The fraction of sp³-hybridized carbons (Fsp3) is 0.200. The Hall–Kier alpha value is -4.20. The molecule has 0 unspecified atom stereocenters. The van der Waals surface area contributed by atoms with Crippen LogP contribution in [0.3, 0.4) is 0 Å². The number of nitrogens with one attached hydrogen (secondary N) is 2. The van der Waals surface area contributed by atoms with Crippen molar-refractivity contribution in [3.63, 3.8) is 0 Å². The van der Waals surface area contributed by atoms with Gasteiger partial charge in [0.15, 0.2) is 0 Å². The average Bonchev–Trinajstić information content (AvgIpc) is 3.09. The second-order valence-corrected chi connectivity index (χ2v) is 7.99. The lowest BCUT2D eigenvalue weighted by Gasteiger charge is -2.13. The van der Waals surface area contributed by atoms with E-state index < -0.39 is 17.1 Å². The van der Waals surface area contributed by atoms with Crippen LogP contribution in [0.15, 0.2) is 62.7 Å². The molecule has 1 amide bonds. The van der Waals surface area contributed by atoms with Gasteiger partial charge in [-0.25, -0.2) is 14.4 Å². The molecule has 0 fully saturated rings. The summed E-state index contributed by atoms with van der Waals surface area (Å²) in [6.07, 6.45) is 1.97. The first kappa shape index (κ1) is 22.0. The van der Waals surface area contributed by atoms with E-state index in [1.165, 1.54) is 13.0 Å². The Bertz CT molecular complexity index is 1540. The number of hydrogen-bond acceptors (Lipinski definition) is 5. The molecule has 8 nitrogen and oxygen atoms in total. The second kappa shape index (κ2) is 8.74. The van der Waals surface area contributed by atoms with Crippen molar-refractivity contribution >= 4 is 17.6 Å². The molecule has 0 saturated carbocycles. The van der Waals surface area contributed by atoms with E-state index >= 15 is 0 Å². The highest BCUT2D eigenvalue weighted by atomic mass is 16.3. The predicted octanol–water partition coefficient (Wildman–Crippen LogP) is 1.20. The van der Waals surface area contributed by atoms with Gasteiger partial charge < -0.3 is 10.4 Å². The number of carbonyl (C=O) groups excluding carboxylic acids is 1. The quantitative estimate of drug-likeness (QED) is 0.548. The Morgan fingerprint density at radius 2 is 1.94 bits per heavy atom. The van der Waals surface area contributed by atoms with Crippen LogP contribution in [0.1, 0.15) is 30.0 Å². The number of aromatic nitrogens is 2. The number of aryl methyl sites for hydroxylation is 2. The van der Waals surface area contributed by atoms with Crippen LogP contribution < -0.4 is 27.1 Å². The van der Waals surface area contributed by atoms with Gasteiger partial charge in [0.2, 0.25) is 11.8 Å². The summed E-state index contributed by atoms with van der Waals surface area (Å²) in [4.78, 5) is 43.5. The van der Waals surface area contributed by atoms with Gasteiger partial charge in [-0.3, -0.25) is 14.6 Å². The van der Waals surface area contributed by atoms with Gasteiger partial charge in [0, 0.05) is 18.7 Å². The van der Waals surface area contributed by atoms with E-state index in [2.05, 4.69) is 15.3 Å². The van der Waals surface area contributed by atoms with Gasteiger partial charge in [-0.1, -0.05) is 35.9 Å². The molecule has 1 aromatic heterocycles. The number of carbonyl (C=O) groups is 1. The Kier molecular flexibility index (Phi) is 5.83. The molecule has 8 heteroatoms. The summed E-state index contributed by atoms with van der Waals surface area (Å²) in [5.74, 6) is -0.602. The minimum atomic E-state index is -0.729. The first-order valence-corrected chi connectivity index (χ1v) is 10.6. The topological polar surface area (TPSA) is 117 Å². The number of rotatable bonds is 5. The fourth-order valence-corrected chi connectivity index (χ4v) is 3.99. The Balaban J connectivity index is 1.88. The summed E-state index contributed by atoms with van der Waals surface area (Å²) >= 11 is 0. The lowest BCUT2D eigenvalue weighted by Crippen LogP contribution is -2.30. The molecule has 4 rings (SSSR count). The highest BCUT2D eigenvalue weighted by molar-refractivity contribution is 5.77. The summed E-state index contributed by atoms with van der Waals surface area (Å²) in [6.45, 7) is 5.60. The minimum Gasteiger partial charge on any atom is -0.494 e. The molecule has 0 atom stereocenters. The predicted molar refractivity (Wildman–Crippen MR) is 126 cm³/mol. The monoisotopic (exact) mass is 444 g/mol. The Morgan fingerprint density at radius 3 is 2.67 bits per heavy atom. The summed E-state index contributed by atoms with van der Waals surface area (Å²) in [5, 5.41) is 15.4. The maximum Gasteiger partial charge on any atom is 0.335 e. The van der Waals surface area contributed by atoms with E-state index in [-0.39, 0.29) is 11.5 Å². The van der Waals surface area contributed by atoms with E-state index in [0.717, 1.165) is 31.8 Å². The van der Waals surface area contributed by atoms with Crippen molar-refractivity contribution in [3.05, 3.63) is 96.3 Å². The van der Waals surface area contributed by atoms with Gasteiger partial charge in [0.1, 0.15) is 5.56 Å². The van der Waals surface area contributed by atoms with Gasteiger partial charge in [0.25, 0.3) is 5.56 Å². The standard InChI is InChI=1S/C25H24N4O4/c1-14-8-9-22(15(2)12-14)29-24(32)19(23(31)28-25(29)33)13-21-18(10-11-26-16(3)30)17-6-4-5-7-20(17)27-21/h4-9,12-13,32H,10-11H2,1-3H3,(H,26,30)(H,28,31,33). The largest absolute Gasteiger partial charge is 0.494 e. The van der Waals surface area contributed by atoms with Crippen LogP contribution in [0.5, 0.6) is 5.88 Å². The molecule has 2 heterocycles. The third-order valence-corrected chi connectivity index (χ3v) is 5.52. The molecule has 3 N–H and O–H groups in total. The number of nitrogens with zero attached hydrogens (tertiary/aromatic N) is 2. The molecular formula is C25H24N4O4. The van der Waals surface area contributed by atoms with Crippen LogP contribution in [-0.2, 0) is 4.79 Å². The van der Waals surface area contributed by atoms with E-state index in [9.17, 15) is 19.5 Å². The van der Waals surface area contributed by atoms with Crippen LogP contribution in [0, 0.1) is 13.8 Å². The van der Waals surface area contributed by atoms with Gasteiger partial charge in [-0.05, 0) is 49.6 Å². The van der Waals surface area contributed by atoms with Gasteiger partial charge >= 0.3 is 5.69 Å². The summed E-state index contributed by atoms with van der Waals surface area (Å²) in [7, 11) is 0. The minimum absolute atomic E-state index is 0.0711. The van der Waals surface area contributed by atoms with Crippen molar-refractivity contribution in [2.75, 3.05) is 6.54 Å². The number of amides is 1. The first-order chi connectivity index (χ1) is 15.8. The third-order valence-electron chi connectivity index (χ3n) is 5.52. The summed E-state index contributed by atoms with van der Waals surface area (Å²) in [5.41, 5.74) is 2.08. The second-order valence-electron chi connectivity index (χ2n) is 7.99. The van der Waals surface area contributed by atoms with Gasteiger partial charge in [-0.15, -0.1) is 0 Å². The number of fused-ring (bicyclic) bond motifs is 1.